The van der Waals surface area contributed by atoms with Crippen LogP contribution in [0.4, 0.5) is 5.69 Å². The highest BCUT2D eigenvalue weighted by Gasteiger charge is 2.46. The van der Waals surface area contributed by atoms with Crippen LogP contribution in [0.2, 0.25) is 0 Å². The van der Waals surface area contributed by atoms with E-state index in [4.69, 9.17) is 11.6 Å². The molecule has 2 fully saturated rings. The Morgan fingerprint density at radius 2 is 2.10 bits per heavy atom. The van der Waals surface area contributed by atoms with Crippen LogP contribution >= 0.6 is 15.9 Å². The zero-order valence-electron chi connectivity index (χ0n) is 22.6. The molecule has 0 spiro atoms. The number of fused-ring (bicyclic) bond motifs is 2. The smallest absolute Gasteiger partial charge is 0.244 e. The fraction of sp³-hybridized carbons (Fsp3) is 0.414. The second-order valence-corrected chi connectivity index (χ2v) is 11.9. The average molecular weight is 602 g/mol. The molecule has 11 heteroatoms. The van der Waals surface area contributed by atoms with Gasteiger partial charge in [-0.1, -0.05) is 13.0 Å². The lowest BCUT2D eigenvalue weighted by Crippen LogP contribution is -2.58. The number of rotatable bonds is 4. The van der Waals surface area contributed by atoms with Gasteiger partial charge in [0.2, 0.25) is 17.5 Å². The summed E-state index contributed by atoms with van der Waals surface area (Å²) in [7, 11) is 1.79. The van der Waals surface area contributed by atoms with Crippen LogP contribution in [0.5, 0.6) is 0 Å². The number of carbonyl (C=O) groups excluding carboxylic acids is 2. The van der Waals surface area contributed by atoms with Gasteiger partial charge in [-0.3, -0.25) is 14.6 Å². The molecule has 1 aromatic carbocycles. The molecule has 204 valence electrons. The lowest BCUT2D eigenvalue weighted by atomic mass is 9.84. The number of hydrogen-bond donors (Lipinski definition) is 0. The molecule has 0 bridgehead atoms. The molecule has 4 heterocycles. The highest BCUT2D eigenvalue weighted by atomic mass is 79.9. The average Bonchev–Trinajstić information content (AvgIpc) is 3.50. The van der Waals surface area contributed by atoms with Crippen molar-refractivity contribution in [3.63, 3.8) is 0 Å². The Hall–Kier alpha value is -3.91. The first kappa shape index (κ1) is 26.3. The number of amides is 2. The summed E-state index contributed by atoms with van der Waals surface area (Å²) >= 11 is 3.54. The number of hydrogen-bond acceptors (Lipinski definition) is 6. The molecule has 1 saturated heterocycles. The number of aromatic nitrogens is 5. The van der Waals surface area contributed by atoms with Crippen molar-refractivity contribution in [3.8, 4) is 5.69 Å². The molecule has 1 aliphatic carbocycles. The number of piperazine rings is 1. The van der Waals surface area contributed by atoms with Crippen LogP contribution in [0.25, 0.3) is 32.5 Å². The molecule has 0 N–H and O–H groups in total. The van der Waals surface area contributed by atoms with E-state index in [0.717, 1.165) is 35.7 Å². The third-order valence-corrected chi connectivity index (χ3v) is 9.02. The number of halogens is 1. The first-order valence-corrected chi connectivity index (χ1v) is 14.2. The van der Waals surface area contributed by atoms with Crippen LogP contribution in [0.15, 0.2) is 41.3 Å². The van der Waals surface area contributed by atoms with E-state index in [1.54, 1.807) is 40.0 Å². The van der Waals surface area contributed by atoms with E-state index in [9.17, 15) is 9.59 Å². The summed E-state index contributed by atoms with van der Waals surface area (Å²) in [5.74, 6) is 1.01. The van der Waals surface area contributed by atoms with Crippen molar-refractivity contribution in [2.45, 2.75) is 45.6 Å². The Bertz CT molecular complexity index is 1710. The van der Waals surface area contributed by atoms with Crippen LogP contribution < -0.4 is 0 Å². The highest BCUT2D eigenvalue weighted by molar-refractivity contribution is 9.10. The van der Waals surface area contributed by atoms with Gasteiger partial charge in [-0.05, 0) is 71.6 Å². The highest BCUT2D eigenvalue weighted by Crippen LogP contribution is 2.44. The number of likely N-dealkylation sites (N-methyl/N-ethyl adjacent to an activating group) is 1. The standard InChI is InChI=1S/C29H29BrN8O2/c1-17-27(39)36(4)10-11-37(17)28(40)29(2)8-7-18(15-29)12-23-33-16-21-25(30)35-38(26(21)34-23)20-13-19-6-5-9-32-24(19)22(14-20)31-3/h5-6,9,13-14,16-18H,7-8,10-12,15H2,1-2,4H3/t17-,18+,29-/m1/s1. The molecular weight excluding hydrogens is 572 g/mol. The first-order valence-electron chi connectivity index (χ1n) is 13.4. The largest absolute Gasteiger partial charge is 0.342 e. The van der Waals surface area contributed by atoms with E-state index in [-0.39, 0.29) is 17.7 Å². The monoisotopic (exact) mass is 600 g/mol. The van der Waals surface area contributed by atoms with E-state index >= 15 is 0 Å². The van der Waals surface area contributed by atoms with Gasteiger partial charge >= 0.3 is 0 Å². The zero-order chi connectivity index (χ0) is 28.2. The van der Waals surface area contributed by atoms with Gasteiger partial charge in [-0.15, -0.1) is 0 Å². The summed E-state index contributed by atoms with van der Waals surface area (Å²) in [6, 6.07) is 7.08. The maximum absolute atomic E-state index is 13.6. The van der Waals surface area contributed by atoms with Crippen molar-refractivity contribution in [1.82, 2.24) is 34.5 Å². The van der Waals surface area contributed by atoms with E-state index in [1.807, 2.05) is 32.0 Å². The molecule has 10 nitrogen and oxygen atoms in total. The Kier molecular flexibility index (Phi) is 6.53. The van der Waals surface area contributed by atoms with E-state index in [0.29, 0.717) is 46.8 Å². The summed E-state index contributed by atoms with van der Waals surface area (Å²) < 4.78 is 2.36. The predicted octanol–water partition coefficient (Wildman–Crippen LogP) is 4.71. The maximum atomic E-state index is 13.6. The van der Waals surface area contributed by atoms with Crippen molar-refractivity contribution in [3.05, 3.63) is 58.5 Å². The number of carbonyl (C=O) groups is 2. The van der Waals surface area contributed by atoms with Gasteiger partial charge < -0.3 is 9.80 Å². The van der Waals surface area contributed by atoms with Gasteiger partial charge in [0.25, 0.3) is 0 Å². The number of benzene rings is 1. The van der Waals surface area contributed by atoms with Gasteiger partial charge in [0, 0.05) is 44.4 Å². The third kappa shape index (κ3) is 4.40. The first-order chi connectivity index (χ1) is 19.2. The molecule has 3 atom stereocenters. The molecule has 4 aromatic rings. The normalized spacial score (nSPS) is 23.2. The maximum Gasteiger partial charge on any atom is 0.244 e. The second kappa shape index (κ2) is 9.93. The summed E-state index contributed by atoms with van der Waals surface area (Å²) in [6.45, 7) is 12.6. The lowest BCUT2D eigenvalue weighted by molar-refractivity contribution is -0.155. The molecule has 1 aliphatic heterocycles. The molecular formula is C29H29BrN8O2. The lowest BCUT2D eigenvalue weighted by Gasteiger charge is -2.41. The van der Waals surface area contributed by atoms with E-state index in [2.05, 4.69) is 35.8 Å². The molecule has 2 amide bonds. The summed E-state index contributed by atoms with van der Waals surface area (Å²) in [5.41, 5.74) is 1.98. The van der Waals surface area contributed by atoms with E-state index in [1.165, 1.54) is 0 Å². The molecule has 3 aromatic heterocycles. The molecule has 0 unspecified atom stereocenters. The molecule has 1 saturated carbocycles. The van der Waals surface area contributed by atoms with Crippen LogP contribution in [-0.4, -0.2) is 72.5 Å². The molecule has 0 radical (unpaired) electrons. The summed E-state index contributed by atoms with van der Waals surface area (Å²) in [4.78, 5) is 47.1. The summed E-state index contributed by atoms with van der Waals surface area (Å²) in [5, 5.41) is 6.29. The Morgan fingerprint density at radius 3 is 2.90 bits per heavy atom. The predicted molar refractivity (Wildman–Crippen MR) is 154 cm³/mol. The van der Waals surface area contributed by atoms with Gasteiger partial charge in [0.05, 0.1) is 23.2 Å². The van der Waals surface area contributed by atoms with Gasteiger partial charge in [-0.2, -0.15) is 5.10 Å². The Morgan fingerprint density at radius 1 is 1.27 bits per heavy atom. The van der Waals surface area contributed by atoms with Crippen LogP contribution in [-0.2, 0) is 16.0 Å². The Balaban J connectivity index is 1.26. The van der Waals surface area contributed by atoms with Crippen LogP contribution in [0.1, 0.15) is 38.9 Å². The fourth-order valence-electron chi connectivity index (χ4n) is 6.18. The minimum absolute atomic E-state index is 0.00610. The third-order valence-electron chi connectivity index (χ3n) is 8.43. The van der Waals surface area contributed by atoms with Crippen molar-refractivity contribution in [1.29, 1.82) is 0 Å². The number of pyridine rings is 1. The second-order valence-electron chi connectivity index (χ2n) is 11.2. The summed E-state index contributed by atoms with van der Waals surface area (Å²) in [6.07, 6.45) is 6.52. The van der Waals surface area contributed by atoms with Crippen molar-refractivity contribution in [2.75, 3.05) is 20.1 Å². The zero-order valence-corrected chi connectivity index (χ0v) is 24.2. The van der Waals surface area contributed by atoms with Crippen LogP contribution in [0.3, 0.4) is 0 Å². The molecule has 40 heavy (non-hydrogen) atoms. The van der Waals surface area contributed by atoms with Gasteiger partial charge in [0.1, 0.15) is 16.5 Å². The van der Waals surface area contributed by atoms with Gasteiger partial charge in [0.15, 0.2) is 5.65 Å². The minimum Gasteiger partial charge on any atom is -0.342 e. The van der Waals surface area contributed by atoms with Crippen molar-refractivity contribution < 1.29 is 9.59 Å². The minimum atomic E-state index is -0.501. The number of nitrogens with zero attached hydrogens (tertiary/aromatic N) is 8. The Labute approximate surface area is 240 Å². The molecule has 6 rings (SSSR count). The SMILES string of the molecule is [C-]#[N+]c1cc(-n2nc(Br)c3cnc(C[C@@H]4CC[C@@](C)(C(=O)N5CCN(C)C(=O)[C@H]5C)C4)nc32)cc2cccnc12. The fourth-order valence-corrected chi connectivity index (χ4v) is 6.61. The topological polar surface area (TPSA) is 101 Å². The van der Waals surface area contributed by atoms with E-state index < -0.39 is 11.5 Å². The molecule has 2 aliphatic rings. The van der Waals surface area contributed by atoms with Crippen LogP contribution in [0, 0.1) is 17.9 Å². The van der Waals surface area contributed by atoms with Crippen molar-refractivity contribution in [2.24, 2.45) is 11.3 Å². The quantitative estimate of drug-likeness (QED) is 0.314. The van der Waals surface area contributed by atoms with Gasteiger partial charge in [-0.25, -0.2) is 19.5 Å². The van der Waals surface area contributed by atoms with Crippen molar-refractivity contribution >= 4 is 55.4 Å².